The van der Waals surface area contributed by atoms with Crippen LogP contribution >= 0.6 is 11.3 Å². The zero-order chi connectivity index (χ0) is 12.3. The Morgan fingerprint density at radius 2 is 1.94 bits per heavy atom. The molecule has 0 radical (unpaired) electrons. The molecule has 1 heterocycles. The van der Waals surface area contributed by atoms with E-state index >= 15 is 0 Å². The standard InChI is InChI=1S/C14H20O2S/c1-2-11-6-7-12(17-11)10-14(13(15)16)8-4-3-5-9-14/h6-7H,2-5,8-10H2,1H3,(H,15,16). The van der Waals surface area contributed by atoms with Crippen LogP contribution in [0.1, 0.15) is 48.8 Å². The van der Waals surface area contributed by atoms with Crippen LogP contribution < -0.4 is 0 Å². The molecule has 0 aromatic carbocycles. The van der Waals surface area contributed by atoms with Crippen molar-refractivity contribution in [2.24, 2.45) is 5.41 Å². The van der Waals surface area contributed by atoms with Gasteiger partial charge < -0.3 is 5.11 Å². The Morgan fingerprint density at radius 1 is 1.29 bits per heavy atom. The molecule has 0 unspecified atom stereocenters. The summed E-state index contributed by atoms with van der Waals surface area (Å²) in [7, 11) is 0. The topological polar surface area (TPSA) is 37.3 Å². The minimum absolute atomic E-state index is 0.478. The van der Waals surface area contributed by atoms with Gasteiger partial charge in [-0.3, -0.25) is 4.79 Å². The van der Waals surface area contributed by atoms with E-state index in [1.165, 1.54) is 16.2 Å². The molecule has 0 bridgehead atoms. The van der Waals surface area contributed by atoms with Gasteiger partial charge in [-0.1, -0.05) is 26.2 Å². The Balaban J connectivity index is 2.14. The fraction of sp³-hybridized carbons (Fsp3) is 0.643. The summed E-state index contributed by atoms with van der Waals surface area (Å²) >= 11 is 1.78. The van der Waals surface area contributed by atoms with Crippen molar-refractivity contribution >= 4 is 17.3 Å². The first-order valence-electron chi connectivity index (χ1n) is 6.47. The number of carboxylic acids is 1. The highest BCUT2D eigenvalue weighted by Crippen LogP contribution is 2.40. The third-order valence-electron chi connectivity index (χ3n) is 3.84. The number of carboxylic acid groups (broad SMARTS) is 1. The van der Waals surface area contributed by atoms with Gasteiger partial charge >= 0.3 is 5.97 Å². The van der Waals surface area contributed by atoms with Crippen molar-refractivity contribution in [3.63, 3.8) is 0 Å². The smallest absolute Gasteiger partial charge is 0.309 e. The lowest BCUT2D eigenvalue weighted by molar-refractivity contribution is -0.151. The molecule has 2 nitrogen and oxygen atoms in total. The maximum absolute atomic E-state index is 11.6. The molecule has 1 aromatic rings. The fourth-order valence-corrected chi connectivity index (χ4v) is 3.84. The number of aliphatic carboxylic acids is 1. The second-order valence-electron chi connectivity index (χ2n) is 5.04. The molecular formula is C14H20O2S. The molecule has 0 saturated heterocycles. The first-order chi connectivity index (χ1) is 8.16. The predicted octanol–water partition coefficient (Wildman–Crippen LogP) is 3.89. The van der Waals surface area contributed by atoms with Crippen LogP contribution in [0.5, 0.6) is 0 Å². The van der Waals surface area contributed by atoms with Crippen molar-refractivity contribution in [1.82, 2.24) is 0 Å². The largest absolute Gasteiger partial charge is 0.481 e. The summed E-state index contributed by atoms with van der Waals surface area (Å²) in [5.74, 6) is -0.594. The lowest BCUT2D eigenvalue weighted by Crippen LogP contribution is -2.35. The second kappa shape index (κ2) is 5.21. The van der Waals surface area contributed by atoms with E-state index in [9.17, 15) is 9.90 Å². The molecule has 1 aliphatic rings. The van der Waals surface area contributed by atoms with E-state index in [1.807, 2.05) is 0 Å². The van der Waals surface area contributed by atoms with Crippen LogP contribution in [0.4, 0.5) is 0 Å². The van der Waals surface area contributed by atoms with Crippen molar-refractivity contribution in [1.29, 1.82) is 0 Å². The van der Waals surface area contributed by atoms with Crippen molar-refractivity contribution in [2.75, 3.05) is 0 Å². The lowest BCUT2D eigenvalue weighted by atomic mass is 9.71. The van der Waals surface area contributed by atoms with Crippen LogP contribution in [-0.4, -0.2) is 11.1 Å². The number of aryl methyl sites for hydroxylation is 1. The number of carbonyl (C=O) groups is 1. The van der Waals surface area contributed by atoms with Crippen LogP contribution in [0.3, 0.4) is 0 Å². The van der Waals surface area contributed by atoms with Gasteiger partial charge in [0.25, 0.3) is 0 Å². The SMILES string of the molecule is CCc1ccc(CC2(C(=O)O)CCCCC2)s1. The highest BCUT2D eigenvalue weighted by atomic mass is 32.1. The molecule has 1 N–H and O–H groups in total. The summed E-state index contributed by atoms with van der Waals surface area (Å²) in [6, 6.07) is 4.25. The molecule has 17 heavy (non-hydrogen) atoms. The average molecular weight is 252 g/mol. The Labute approximate surface area is 107 Å². The molecule has 2 rings (SSSR count). The third-order valence-corrected chi connectivity index (χ3v) is 5.07. The Hall–Kier alpha value is -0.830. The van der Waals surface area contributed by atoms with E-state index in [0.29, 0.717) is 0 Å². The molecule has 94 valence electrons. The molecule has 3 heteroatoms. The second-order valence-corrected chi connectivity index (χ2v) is 6.30. The molecule has 1 aliphatic carbocycles. The highest BCUT2D eigenvalue weighted by Gasteiger charge is 2.39. The summed E-state index contributed by atoms with van der Waals surface area (Å²) in [6.45, 7) is 2.14. The first-order valence-corrected chi connectivity index (χ1v) is 7.29. The highest BCUT2D eigenvalue weighted by molar-refractivity contribution is 7.12. The first kappa shape index (κ1) is 12.6. The van der Waals surface area contributed by atoms with Gasteiger partial charge in [0.2, 0.25) is 0 Å². The zero-order valence-electron chi connectivity index (χ0n) is 10.4. The van der Waals surface area contributed by atoms with Crippen molar-refractivity contribution in [3.8, 4) is 0 Å². The third kappa shape index (κ3) is 2.71. The van der Waals surface area contributed by atoms with Gasteiger partial charge in [-0.25, -0.2) is 0 Å². The summed E-state index contributed by atoms with van der Waals surface area (Å²) in [6.07, 6.45) is 6.80. The predicted molar refractivity (Wildman–Crippen MR) is 70.6 cm³/mol. The van der Waals surface area contributed by atoms with Crippen molar-refractivity contribution in [3.05, 3.63) is 21.9 Å². The Bertz CT molecular complexity index is 389. The van der Waals surface area contributed by atoms with Gasteiger partial charge in [0.15, 0.2) is 0 Å². The van der Waals surface area contributed by atoms with Gasteiger partial charge in [-0.2, -0.15) is 0 Å². The molecule has 0 amide bonds. The monoisotopic (exact) mass is 252 g/mol. The van der Waals surface area contributed by atoms with E-state index < -0.39 is 11.4 Å². The van der Waals surface area contributed by atoms with Crippen LogP contribution in [0.15, 0.2) is 12.1 Å². The summed E-state index contributed by atoms with van der Waals surface area (Å²) < 4.78 is 0. The van der Waals surface area contributed by atoms with Gasteiger partial charge in [0.1, 0.15) is 0 Å². The average Bonchev–Trinajstić information content (AvgIpc) is 2.77. The van der Waals surface area contributed by atoms with Crippen molar-refractivity contribution in [2.45, 2.75) is 51.9 Å². The molecular weight excluding hydrogens is 232 g/mol. The molecule has 1 saturated carbocycles. The van der Waals surface area contributed by atoms with Crippen LogP contribution in [0.25, 0.3) is 0 Å². The van der Waals surface area contributed by atoms with E-state index in [0.717, 1.165) is 38.5 Å². The maximum atomic E-state index is 11.6. The van der Waals surface area contributed by atoms with E-state index in [1.54, 1.807) is 11.3 Å². The van der Waals surface area contributed by atoms with Gasteiger partial charge in [-0.05, 0) is 37.8 Å². The molecule has 0 spiro atoms. The molecule has 0 aliphatic heterocycles. The van der Waals surface area contributed by atoms with Crippen molar-refractivity contribution < 1.29 is 9.90 Å². The number of hydrogen-bond donors (Lipinski definition) is 1. The zero-order valence-corrected chi connectivity index (χ0v) is 11.2. The van der Waals surface area contributed by atoms with Gasteiger partial charge in [0, 0.05) is 9.75 Å². The van der Waals surface area contributed by atoms with Crippen LogP contribution in [0, 0.1) is 5.41 Å². The summed E-state index contributed by atoms with van der Waals surface area (Å²) in [5, 5.41) is 9.52. The van der Waals surface area contributed by atoms with E-state index in [-0.39, 0.29) is 0 Å². The number of thiophene rings is 1. The van der Waals surface area contributed by atoms with Crippen LogP contribution in [-0.2, 0) is 17.6 Å². The van der Waals surface area contributed by atoms with Gasteiger partial charge in [-0.15, -0.1) is 11.3 Å². The quantitative estimate of drug-likeness (QED) is 0.882. The Kier molecular flexibility index (Phi) is 3.87. The van der Waals surface area contributed by atoms with E-state index in [2.05, 4.69) is 19.1 Å². The normalized spacial score (nSPS) is 19.1. The minimum Gasteiger partial charge on any atom is -0.481 e. The number of hydrogen-bond acceptors (Lipinski definition) is 2. The Morgan fingerprint density at radius 3 is 2.47 bits per heavy atom. The molecule has 0 atom stereocenters. The molecule has 1 aromatic heterocycles. The minimum atomic E-state index is -0.594. The summed E-state index contributed by atoms with van der Waals surface area (Å²) in [4.78, 5) is 14.2. The maximum Gasteiger partial charge on any atom is 0.309 e. The van der Waals surface area contributed by atoms with Gasteiger partial charge in [0.05, 0.1) is 5.41 Å². The van der Waals surface area contributed by atoms with E-state index in [4.69, 9.17) is 0 Å². The molecule has 1 fully saturated rings. The lowest BCUT2D eigenvalue weighted by Gasteiger charge is -2.32. The number of rotatable bonds is 4. The van der Waals surface area contributed by atoms with Crippen LogP contribution in [0.2, 0.25) is 0 Å². The summed E-state index contributed by atoms with van der Waals surface area (Å²) in [5.41, 5.74) is -0.478. The fourth-order valence-electron chi connectivity index (χ4n) is 2.74.